The Kier molecular flexibility index (Phi) is 5.65. The third-order valence-electron chi connectivity index (χ3n) is 1.44. The second-order valence-electron chi connectivity index (χ2n) is 2.83. The van der Waals surface area contributed by atoms with E-state index in [-0.39, 0.29) is 0 Å². The monoisotopic (exact) mass is 157 g/mol. The maximum absolute atomic E-state index is 5.65. The van der Waals surface area contributed by atoms with Crippen LogP contribution in [0.1, 0.15) is 32.6 Å². The van der Waals surface area contributed by atoms with Crippen LogP contribution < -0.4 is 11.6 Å². The first-order valence-electron chi connectivity index (χ1n) is 4.10. The van der Waals surface area contributed by atoms with Crippen molar-refractivity contribution < 1.29 is 0 Å². The molecule has 0 radical (unpaired) electrons. The summed E-state index contributed by atoms with van der Waals surface area (Å²) in [7, 11) is 1.77. The molecule has 11 heavy (non-hydrogen) atoms. The number of unbranched alkanes of at least 4 members (excludes halogenated alkanes) is 2. The summed E-state index contributed by atoms with van der Waals surface area (Å²) in [6, 6.07) is 0. The highest BCUT2D eigenvalue weighted by atomic mass is 15.4. The molecule has 0 bridgehead atoms. The maximum Gasteiger partial charge on any atom is 0.0339 e. The number of rotatable bonds is 5. The Balaban J connectivity index is 3.43. The molecule has 0 saturated carbocycles. The van der Waals surface area contributed by atoms with Gasteiger partial charge in [0.15, 0.2) is 0 Å². The SMILES string of the molecule is CCCCC/C(N)=C/N(C)N. The molecule has 3 nitrogen and oxygen atoms in total. The summed E-state index contributed by atoms with van der Waals surface area (Å²) >= 11 is 0. The van der Waals surface area contributed by atoms with Gasteiger partial charge in [0.05, 0.1) is 0 Å². The zero-order valence-electron chi connectivity index (χ0n) is 7.51. The summed E-state index contributed by atoms with van der Waals surface area (Å²) in [5.74, 6) is 5.37. The molecule has 0 fully saturated rings. The Labute approximate surface area is 69.0 Å². The minimum absolute atomic E-state index is 0.864. The van der Waals surface area contributed by atoms with Gasteiger partial charge in [0, 0.05) is 18.9 Å². The molecular formula is C8H19N3. The molecule has 66 valence electrons. The lowest BCUT2D eigenvalue weighted by atomic mass is 10.2. The molecule has 0 rings (SSSR count). The molecule has 0 aromatic carbocycles. The third kappa shape index (κ3) is 7.19. The minimum Gasteiger partial charge on any atom is -0.401 e. The fraction of sp³-hybridized carbons (Fsp3) is 0.750. The summed E-state index contributed by atoms with van der Waals surface area (Å²) < 4.78 is 0. The molecule has 3 heteroatoms. The molecule has 0 amide bonds. The smallest absolute Gasteiger partial charge is 0.0339 e. The first kappa shape index (κ1) is 10.3. The second-order valence-corrected chi connectivity index (χ2v) is 2.83. The van der Waals surface area contributed by atoms with E-state index in [1.165, 1.54) is 17.9 Å². The van der Waals surface area contributed by atoms with E-state index in [2.05, 4.69) is 6.92 Å². The summed E-state index contributed by atoms with van der Waals surface area (Å²) in [4.78, 5) is 0. The fourth-order valence-corrected chi connectivity index (χ4v) is 0.905. The lowest BCUT2D eigenvalue weighted by molar-refractivity contribution is 0.476. The predicted octanol–water partition coefficient (Wildman–Crippen LogP) is 1.17. The molecule has 0 unspecified atom stereocenters. The number of nitrogens with two attached hydrogens (primary N) is 2. The van der Waals surface area contributed by atoms with Gasteiger partial charge in [0.1, 0.15) is 0 Å². The van der Waals surface area contributed by atoms with Crippen molar-refractivity contribution in [3.05, 3.63) is 11.9 Å². The average molecular weight is 157 g/mol. The van der Waals surface area contributed by atoms with E-state index in [1.807, 2.05) is 0 Å². The topological polar surface area (TPSA) is 55.3 Å². The van der Waals surface area contributed by atoms with Gasteiger partial charge in [-0.2, -0.15) is 0 Å². The van der Waals surface area contributed by atoms with E-state index in [0.29, 0.717) is 0 Å². The molecule has 0 aliphatic heterocycles. The maximum atomic E-state index is 5.65. The van der Waals surface area contributed by atoms with Gasteiger partial charge >= 0.3 is 0 Å². The van der Waals surface area contributed by atoms with Crippen molar-refractivity contribution in [1.29, 1.82) is 0 Å². The molecule has 0 spiro atoms. The molecule has 0 atom stereocenters. The number of hydrogen-bond donors (Lipinski definition) is 2. The van der Waals surface area contributed by atoms with Crippen molar-refractivity contribution in [3.8, 4) is 0 Å². The Morgan fingerprint density at radius 1 is 1.45 bits per heavy atom. The van der Waals surface area contributed by atoms with Crippen LogP contribution in [0.4, 0.5) is 0 Å². The molecular weight excluding hydrogens is 138 g/mol. The van der Waals surface area contributed by atoms with E-state index in [9.17, 15) is 0 Å². The van der Waals surface area contributed by atoms with Gasteiger partial charge in [-0.25, -0.2) is 5.84 Å². The van der Waals surface area contributed by atoms with Gasteiger partial charge in [0.2, 0.25) is 0 Å². The third-order valence-corrected chi connectivity index (χ3v) is 1.44. The molecule has 0 aromatic heterocycles. The van der Waals surface area contributed by atoms with Crippen molar-refractivity contribution in [2.24, 2.45) is 11.6 Å². The van der Waals surface area contributed by atoms with Crippen LogP contribution in [0.25, 0.3) is 0 Å². The summed E-state index contributed by atoms with van der Waals surface area (Å²) in [6.07, 6.45) is 6.34. The number of hydrogen-bond acceptors (Lipinski definition) is 3. The Bertz CT molecular complexity index is 119. The second kappa shape index (κ2) is 6.04. The Morgan fingerprint density at radius 2 is 2.09 bits per heavy atom. The van der Waals surface area contributed by atoms with E-state index in [1.54, 1.807) is 13.2 Å². The van der Waals surface area contributed by atoms with Gasteiger partial charge in [-0.05, 0) is 12.8 Å². The Hall–Kier alpha value is -0.700. The first-order chi connectivity index (χ1) is 5.16. The summed E-state index contributed by atoms with van der Waals surface area (Å²) in [5, 5.41) is 1.49. The van der Waals surface area contributed by atoms with Crippen LogP contribution in [-0.2, 0) is 0 Å². The van der Waals surface area contributed by atoms with Crippen molar-refractivity contribution in [3.63, 3.8) is 0 Å². The highest BCUT2D eigenvalue weighted by molar-refractivity contribution is 4.93. The normalized spacial score (nSPS) is 11.7. The molecule has 0 aromatic rings. The van der Waals surface area contributed by atoms with E-state index in [0.717, 1.165) is 18.5 Å². The van der Waals surface area contributed by atoms with E-state index >= 15 is 0 Å². The zero-order valence-corrected chi connectivity index (χ0v) is 7.51. The number of hydrazine groups is 1. The quantitative estimate of drug-likeness (QED) is 0.358. The Morgan fingerprint density at radius 3 is 2.55 bits per heavy atom. The van der Waals surface area contributed by atoms with Crippen LogP contribution in [0.2, 0.25) is 0 Å². The number of allylic oxidation sites excluding steroid dienone is 1. The van der Waals surface area contributed by atoms with Gasteiger partial charge in [-0.1, -0.05) is 19.8 Å². The van der Waals surface area contributed by atoms with E-state index in [4.69, 9.17) is 11.6 Å². The molecule has 0 aliphatic carbocycles. The van der Waals surface area contributed by atoms with Gasteiger partial charge in [-0.3, -0.25) is 0 Å². The lowest BCUT2D eigenvalue weighted by Crippen LogP contribution is -2.20. The number of nitrogens with zero attached hydrogens (tertiary/aromatic N) is 1. The predicted molar refractivity (Wildman–Crippen MR) is 48.4 cm³/mol. The summed E-state index contributed by atoms with van der Waals surface area (Å²) in [5.41, 5.74) is 6.52. The van der Waals surface area contributed by atoms with Crippen molar-refractivity contribution in [2.45, 2.75) is 32.6 Å². The largest absolute Gasteiger partial charge is 0.401 e. The van der Waals surface area contributed by atoms with Crippen LogP contribution in [0.3, 0.4) is 0 Å². The van der Waals surface area contributed by atoms with Gasteiger partial charge < -0.3 is 10.7 Å². The molecule has 0 saturated heterocycles. The first-order valence-corrected chi connectivity index (χ1v) is 4.10. The van der Waals surface area contributed by atoms with E-state index < -0.39 is 0 Å². The molecule has 4 N–H and O–H groups in total. The van der Waals surface area contributed by atoms with Crippen molar-refractivity contribution in [1.82, 2.24) is 5.01 Å². The molecule has 0 heterocycles. The standard InChI is InChI=1S/C8H19N3/c1-3-4-5-6-8(9)7-11(2)10/h7H,3-6,9-10H2,1-2H3/b8-7-. The minimum atomic E-state index is 0.864. The highest BCUT2D eigenvalue weighted by Gasteiger charge is 1.90. The van der Waals surface area contributed by atoms with Gasteiger partial charge in [-0.15, -0.1) is 0 Å². The zero-order chi connectivity index (χ0) is 8.69. The highest BCUT2D eigenvalue weighted by Crippen LogP contribution is 2.03. The molecule has 0 aliphatic rings. The summed E-state index contributed by atoms with van der Waals surface area (Å²) in [6.45, 7) is 2.18. The van der Waals surface area contributed by atoms with Crippen LogP contribution in [0.5, 0.6) is 0 Å². The van der Waals surface area contributed by atoms with Crippen LogP contribution in [0, 0.1) is 0 Å². The van der Waals surface area contributed by atoms with Crippen LogP contribution in [0.15, 0.2) is 11.9 Å². The van der Waals surface area contributed by atoms with Crippen LogP contribution in [-0.4, -0.2) is 12.1 Å². The van der Waals surface area contributed by atoms with Gasteiger partial charge in [0.25, 0.3) is 0 Å². The van der Waals surface area contributed by atoms with Crippen LogP contribution >= 0.6 is 0 Å². The van der Waals surface area contributed by atoms with Crippen molar-refractivity contribution >= 4 is 0 Å². The fourth-order valence-electron chi connectivity index (χ4n) is 0.905. The average Bonchev–Trinajstić information content (AvgIpc) is 1.86. The lowest BCUT2D eigenvalue weighted by Gasteiger charge is -2.07. The van der Waals surface area contributed by atoms with Crippen molar-refractivity contribution in [2.75, 3.05) is 7.05 Å².